The highest BCUT2D eigenvalue weighted by molar-refractivity contribution is 7.89. The summed E-state index contributed by atoms with van der Waals surface area (Å²) in [5, 5.41) is 2.91. The van der Waals surface area contributed by atoms with Crippen LogP contribution in [0, 0.1) is 0 Å². The number of nitrogens with one attached hydrogen (secondary N) is 1. The number of nitrogens with zero attached hydrogens (tertiary/aromatic N) is 2. The van der Waals surface area contributed by atoms with Crippen LogP contribution in [-0.2, 0) is 16.4 Å². The molecular weight excluding hydrogens is 436 g/mol. The number of rotatable bonds is 5. The van der Waals surface area contributed by atoms with Crippen LogP contribution in [0.5, 0.6) is 0 Å². The second-order valence-corrected chi connectivity index (χ2v) is 10.7. The zero-order valence-corrected chi connectivity index (χ0v) is 19.2. The molecule has 0 unspecified atom stereocenters. The van der Waals surface area contributed by atoms with E-state index in [2.05, 4.69) is 10.3 Å². The molecule has 1 amide bonds. The predicted octanol–water partition coefficient (Wildman–Crippen LogP) is 3.46. The van der Waals surface area contributed by atoms with Crippen molar-refractivity contribution in [1.82, 2.24) is 14.6 Å². The van der Waals surface area contributed by atoms with Crippen LogP contribution in [0.1, 0.15) is 35.2 Å². The van der Waals surface area contributed by atoms with Crippen LogP contribution >= 0.6 is 0 Å². The minimum atomic E-state index is -3.48. The van der Waals surface area contributed by atoms with Crippen molar-refractivity contribution in [1.29, 1.82) is 0 Å². The number of carbonyl (C=O) groups is 1. The summed E-state index contributed by atoms with van der Waals surface area (Å²) in [6, 6.07) is 14.7. The Morgan fingerprint density at radius 1 is 1.00 bits per heavy atom. The van der Waals surface area contributed by atoms with Gasteiger partial charge in [-0.25, -0.2) is 13.4 Å². The Morgan fingerprint density at radius 3 is 2.45 bits per heavy atom. The fourth-order valence-corrected chi connectivity index (χ4v) is 5.67. The Hall–Kier alpha value is -3.23. The number of aromatic nitrogens is 1. The molecule has 3 N–H and O–H groups in total. The third-order valence-electron chi connectivity index (χ3n) is 6.41. The molecule has 1 saturated carbocycles. The standard InChI is InChI=1S/C25H26N4O3S/c1-29(20-7-8-20)33(31,32)21-9-4-16(5-10-21)19-14-23(24(26)28-15-19)18-6-11-22-17(13-18)3-2-12-27-25(22)30/h4-6,9-11,13-15,20H,2-3,7-8,12H2,1H3,(H2,26,28)(H,27,30). The first-order valence-electron chi connectivity index (χ1n) is 11.1. The van der Waals surface area contributed by atoms with E-state index in [9.17, 15) is 13.2 Å². The summed E-state index contributed by atoms with van der Waals surface area (Å²) < 4.78 is 27.0. The first-order valence-corrected chi connectivity index (χ1v) is 12.5. The van der Waals surface area contributed by atoms with Crippen LogP contribution in [0.2, 0.25) is 0 Å². The molecule has 170 valence electrons. The normalized spacial score (nSPS) is 16.2. The Balaban J connectivity index is 1.47. The van der Waals surface area contributed by atoms with Gasteiger partial charge in [-0.3, -0.25) is 4.79 Å². The number of pyridine rings is 1. The number of carbonyl (C=O) groups excluding carboxylic acids is 1. The SMILES string of the molecule is CN(C1CC1)S(=O)(=O)c1ccc(-c2cnc(N)c(-c3ccc4c(c3)CCCNC4=O)c2)cc1. The highest BCUT2D eigenvalue weighted by atomic mass is 32.2. The van der Waals surface area contributed by atoms with E-state index >= 15 is 0 Å². The first-order chi connectivity index (χ1) is 15.8. The molecule has 1 aliphatic heterocycles. The molecule has 2 aromatic carbocycles. The van der Waals surface area contributed by atoms with Crippen molar-refractivity contribution < 1.29 is 13.2 Å². The van der Waals surface area contributed by atoms with Gasteiger partial charge < -0.3 is 11.1 Å². The number of anilines is 1. The van der Waals surface area contributed by atoms with E-state index in [0.717, 1.165) is 53.5 Å². The highest BCUT2D eigenvalue weighted by Crippen LogP contribution is 2.33. The smallest absolute Gasteiger partial charge is 0.251 e. The lowest BCUT2D eigenvalue weighted by molar-refractivity contribution is 0.0956. The Bertz CT molecular complexity index is 1330. The molecule has 0 saturated heterocycles. The molecule has 1 aliphatic carbocycles. The van der Waals surface area contributed by atoms with E-state index in [4.69, 9.17) is 5.73 Å². The average Bonchev–Trinajstić information content (AvgIpc) is 3.68. The number of benzene rings is 2. The molecule has 2 aliphatic rings. The van der Waals surface area contributed by atoms with Gasteiger partial charge in [0.2, 0.25) is 10.0 Å². The molecule has 5 rings (SSSR count). The van der Waals surface area contributed by atoms with Gasteiger partial charge in [0, 0.05) is 42.5 Å². The maximum absolute atomic E-state index is 12.8. The van der Waals surface area contributed by atoms with E-state index in [-0.39, 0.29) is 16.8 Å². The Labute approximate surface area is 193 Å². The third-order valence-corrected chi connectivity index (χ3v) is 8.34. The number of hydrogen-bond donors (Lipinski definition) is 2. The molecule has 1 aromatic heterocycles. The molecule has 8 heteroatoms. The monoisotopic (exact) mass is 462 g/mol. The first kappa shape index (κ1) is 21.6. The molecule has 0 spiro atoms. The van der Waals surface area contributed by atoms with Gasteiger partial charge in [0.15, 0.2) is 0 Å². The van der Waals surface area contributed by atoms with Gasteiger partial charge in [-0.15, -0.1) is 0 Å². The molecule has 0 bridgehead atoms. The number of hydrogen-bond acceptors (Lipinski definition) is 5. The number of sulfonamides is 1. The highest BCUT2D eigenvalue weighted by Gasteiger charge is 2.34. The average molecular weight is 463 g/mol. The summed E-state index contributed by atoms with van der Waals surface area (Å²) in [6.07, 6.45) is 5.24. The lowest BCUT2D eigenvalue weighted by atomic mass is 9.95. The van der Waals surface area contributed by atoms with Gasteiger partial charge in [0.1, 0.15) is 5.82 Å². The summed E-state index contributed by atoms with van der Waals surface area (Å²) in [6.45, 7) is 0.671. The topological polar surface area (TPSA) is 105 Å². The molecule has 7 nitrogen and oxygen atoms in total. The van der Waals surface area contributed by atoms with Crippen molar-refractivity contribution in [3.63, 3.8) is 0 Å². The van der Waals surface area contributed by atoms with E-state index in [1.807, 2.05) is 24.3 Å². The number of amides is 1. The Morgan fingerprint density at radius 2 is 1.73 bits per heavy atom. The maximum atomic E-state index is 12.8. The number of fused-ring (bicyclic) bond motifs is 1. The fraction of sp³-hybridized carbons (Fsp3) is 0.280. The molecule has 0 atom stereocenters. The van der Waals surface area contributed by atoms with Crippen molar-refractivity contribution >= 4 is 21.7 Å². The lowest BCUT2D eigenvalue weighted by Gasteiger charge is -2.16. The van der Waals surface area contributed by atoms with Gasteiger partial charge in [-0.2, -0.15) is 4.31 Å². The van der Waals surface area contributed by atoms with Crippen LogP contribution in [0.25, 0.3) is 22.3 Å². The fourth-order valence-electron chi connectivity index (χ4n) is 4.25. The van der Waals surface area contributed by atoms with Crippen LogP contribution < -0.4 is 11.1 Å². The molecule has 2 heterocycles. The van der Waals surface area contributed by atoms with Gasteiger partial charge in [-0.1, -0.05) is 24.3 Å². The summed E-state index contributed by atoms with van der Waals surface area (Å²) in [4.78, 5) is 16.9. The van der Waals surface area contributed by atoms with Gasteiger partial charge in [-0.05, 0) is 66.6 Å². The minimum Gasteiger partial charge on any atom is -0.383 e. The number of aryl methyl sites for hydroxylation is 1. The quantitative estimate of drug-likeness (QED) is 0.604. The van der Waals surface area contributed by atoms with Crippen LogP contribution in [0.4, 0.5) is 5.82 Å². The van der Waals surface area contributed by atoms with E-state index in [0.29, 0.717) is 17.9 Å². The molecular formula is C25H26N4O3S. The van der Waals surface area contributed by atoms with Crippen molar-refractivity contribution in [2.45, 2.75) is 36.6 Å². The molecule has 33 heavy (non-hydrogen) atoms. The zero-order chi connectivity index (χ0) is 23.2. The summed E-state index contributed by atoms with van der Waals surface area (Å²) in [5.74, 6) is 0.360. The van der Waals surface area contributed by atoms with Crippen molar-refractivity contribution in [2.24, 2.45) is 0 Å². The van der Waals surface area contributed by atoms with Gasteiger partial charge in [0.25, 0.3) is 5.91 Å². The molecule has 0 radical (unpaired) electrons. The second-order valence-electron chi connectivity index (χ2n) is 8.66. The van der Waals surface area contributed by atoms with Crippen LogP contribution in [-0.4, -0.2) is 43.2 Å². The predicted molar refractivity (Wildman–Crippen MR) is 128 cm³/mol. The van der Waals surface area contributed by atoms with Crippen molar-refractivity contribution in [3.8, 4) is 22.3 Å². The summed E-state index contributed by atoms with van der Waals surface area (Å²) in [5.41, 5.74) is 11.3. The second kappa shape index (κ2) is 8.28. The van der Waals surface area contributed by atoms with Gasteiger partial charge >= 0.3 is 0 Å². The molecule has 3 aromatic rings. The van der Waals surface area contributed by atoms with E-state index in [1.165, 1.54) is 4.31 Å². The lowest BCUT2D eigenvalue weighted by Crippen LogP contribution is -2.28. The van der Waals surface area contributed by atoms with Crippen LogP contribution in [0.15, 0.2) is 59.6 Å². The summed E-state index contributed by atoms with van der Waals surface area (Å²) in [7, 11) is -1.84. The minimum absolute atomic E-state index is 0.0451. The molecule has 1 fully saturated rings. The summed E-state index contributed by atoms with van der Waals surface area (Å²) >= 11 is 0. The van der Waals surface area contributed by atoms with Crippen molar-refractivity contribution in [2.75, 3.05) is 19.3 Å². The van der Waals surface area contributed by atoms with E-state index < -0.39 is 10.0 Å². The number of nitrogens with two attached hydrogens (primary N) is 1. The number of nitrogen functional groups attached to an aromatic ring is 1. The maximum Gasteiger partial charge on any atom is 0.251 e. The van der Waals surface area contributed by atoms with Crippen molar-refractivity contribution in [3.05, 3.63) is 65.9 Å². The Kier molecular flexibility index (Phi) is 5.42. The van der Waals surface area contributed by atoms with E-state index in [1.54, 1.807) is 37.5 Å². The van der Waals surface area contributed by atoms with Gasteiger partial charge in [0.05, 0.1) is 4.90 Å². The third kappa shape index (κ3) is 4.12. The van der Waals surface area contributed by atoms with Crippen LogP contribution in [0.3, 0.4) is 0 Å². The largest absolute Gasteiger partial charge is 0.383 e. The zero-order valence-electron chi connectivity index (χ0n) is 18.4.